The summed E-state index contributed by atoms with van der Waals surface area (Å²) < 4.78 is 5.14. The van der Waals surface area contributed by atoms with Gasteiger partial charge in [0.05, 0.1) is 6.54 Å². The third kappa shape index (κ3) is 0.733. The van der Waals surface area contributed by atoms with Gasteiger partial charge < -0.3 is 9.73 Å². The van der Waals surface area contributed by atoms with Crippen molar-refractivity contribution in [2.45, 2.75) is 13.0 Å². The minimum atomic E-state index is 0.874. The van der Waals surface area contributed by atoms with E-state index in [1.54, 1.807) is 6.39 Å². The van der Waals surface area contributed by atoms with E-state index in [4.69, 9.17) is 4.42 Å². The number of nitrogens with one attached hydrogen (secondary N) is 2. The Kier molecular flexibility index (Phi) is 1.02. The molecule has 0 atom stereocenters. The molecule has 2 heterocycles. The summed E-state index contributed by atoms with van der Waals surface area (Å²) >= 11 is 0. The van der Waals surface area contributed by atoms with Gasteiger partial charge in [0, 0.05) is 13.0 Å². The van der Waals surface area contributed by atoms with Crippen LogP contribution in [0, 0.1) is 0 Å². The van der Waals surface area contributed by atoms with Gasteiger partial charge in [-0.15, -0.1) is 0 Å². The first-order valence-electron chi connectivity index (χ1n) is 3.14. The molecule has 0 saturated heterocycles. The Hall–Kier alpha value is -0.830. The molecular formula is C6H9N2O+. The molecule has 2 N–H and O–H groups in total. The second-order valence-electron chi connectivity index (χ2n) is 2.21. The minimum absolute atomic E-state index is 0.874. The highest BCUT2D eigenvalue weighted by Crippen LogP contribution is 2.06. The van der Waals surface area contributed by atoms with E-state index in [9.17, 15) is 0 Å². The smallest absolute Gasteiger partial charge is 0.333 e. The first-order valence-corrected chi connectivity index (χ1v) is 3.14. The first-order chi connectivity index (χ1) is 4.47. The fraction of sp³-hybridized carbons (Fsp3) is 0.500. The molecule has 0 amide bonds. The highest BCUT2D eigenvalue weighted by Gasteiger charge is 2.16. The topological polar surface area (TPSA) is 39.3 Å². The molecule has 1 aliphatic heterocycles. The average Bonchev–Trinajstić information content (AvgIpc) is 2.33. The number of hydrogen-bond acceptors (Lipinski definition) is 2. The molecular weight excluding hydrogens is 116 g/mol. The highest BCUT2D eigenvalue weighted by atomic mass is 16.3. The van der Waals surface area contributed by atoms with Crippen molar-refractivity contribution in [3.05, 3.63) is 17.8 Å². The summed E-state index contributed by atoms with van der Waals surface area (Å²) in [5, 5.41) is 3.21. The second-order valence-corrected chi connectivity index (χ2v) is 2.21. The quantitative estimate of drug-likeness (QED) is 0.519. The molecule has 0 aliphatic carbocycles. The van der Waals surface area contributed by atoms with Gasteiger partial charge in [0.15, 0.2) is 5.76 Å². The van der Waals surface area contributed by atoms with Crippen LogP contribution in [0.5, 0.6) is 0 Å². The number of aromatic nitrogens is 1. The Morgan fingerprint density at radius 1 is 1.67 bits per heavy atom. The molecule has 2 rings (SSSR count). The van der Waals surface area contributed by atoms with Gasteiger partial charge in [-0.2, -0.15) is 4.98 Å². The summed E-state index contributed by atoms with van der Waals surface area (Å²) in [5.41, 5.74) is 1.24. The van der Waals surface area contributed by atoms with Crippen molar-refractivity contribution in [1.82, 2.24) is 5.32 Å². The Morgan fingerprint density at radius 2 is 2.67 bits per heavy atom. The van der Waals surface area contributed by atoms with Crippen molar-refractivity contribution < 1.29 is 9.40 Å². The average molecular weight is 125 g/mol. The summed E-state index contributed by atoms with van der Waals surface area (Å²) in [7, 11) is 0. The van der Waals surface area contributed by atoms with E-state index in [1.165, 1.54) is 5.69 Å². The van der Waals surface area contributed by atoms with Crippen LogP contribution in [0.4, 0.5) is 0 Å². The van der Waals surface area contributed by atoms with Crippen LogP contribution in [0.25, 0.3) is 0 Å². The van der Waals surface area contributed by atoms with Crippen molar-refractivity contribution >= 4 is 0 Å². The van der Waals surface area contributed by atoms with Crippen LogP contribution in [-0.2, 0) is 13.0 Å². The van der Waals surface area contributed by atoms with E-state index in [0.717, 1.165) is 25.3 Å². The number of rotatable bonds is 0. The van der Waals surface area contributed by atoms with Gasteiger partial charge in [0.1, 0.15) is 0 Å². The van der Waals surface area contributed by atoms with Crippen molar-refractivity contribution in [1.29, 1.82) is 0 Å². The first kappa shape index (κ1) is 4.99. The van der Waals surface area contributed by atoms with E-state index < -0.39 is 0 Å². The standard InChI is InChI=1S/C6H8N2O/c1-2-7-3-6-5(1)8-4-9-6/h4,7H,1-3H2/p+1. The minimum Gasteiger partial charge on any atom is -0.407 e. The number of fused-ring (bicyclic) bond motifs is 1. The molecule has 0 unspecified atom stereocenters. The Bertz CT molecular complexity index is 186. The van der Waals surface area contributed by atoms with Gasteiger partial charge in [-0.05, 0) is 0 Å². The molecule has 0 aromatic carbocycles. The Balaban J connectivity index is 2.39. The summed E-state index contributed by atoms with van der Waals surface area (Å²) in [5.74, 6) is 1.06. The van der Waals surface area contributed by atoms with E-state index in [-0.39, 0.29) is 0 Å². The lowest BCUT2D eigenvalue weighted by Crippen LogP contribution is -2.26. The van der Waals surface area contributed by atoms with E-state index in [1.807, 2.05) is 0 Å². The predicted octanol–water partition coefficient (Wildman–Crippen LogP) is -0.261. The maximum atomic E-state index is 5.14. The lowest BCUT2D eigenvalue weighted by molar-refractivity contribution is -0.395. The van der Waals surface area contributed by atoms with Gasteiger partial charge in [-0.1, -0.05) is 0 Å². The van der Waals surface area contributed by atoms with E-state index in [2.05, 4.69) is 10.3 Å². The normalized spacial score (nSPS) is 17.3. The van der Waals surface area contributed by atoms with Crippen LogP contribution in [0.15, 0.2) is 10.8 Å². The third-order valence-electron chi connectivity index (χ3n) is 1.61. The zero-order valence-electron chi connectivity index (χ0n) is 5.11. The van der Waals surface area contributed by atoms with E-state index >= 15 is 0 Å². The van der Waals surface area contributed by atoms with Crippen molar-refractivity contribution in [3.63, 3.8) is 0 Å². The highest BCUT2D eigenvalue weighted by molar-refractivity contribution is 5.04. The fourth-order valence-electron chi connectivity index (χ4n) is 1.10. The Morgan fingerprint density at radius 3 is 3.56 bits per heavy atom. The molecule has 1 aromatic rings. The summed E-state index contributed by atoms with van der Waals surface area (Å²) in [6, 6.07) is 0. The number of oxazole rings is 1. The monoisotopic (exact) mass is 125 g/mol. The summed E-state index contributed by atoms with van der Waals surface area (Å²) in [6.45, 7) is 1.93. The zero-order chi connectivity index (χ0) is 6.10. The molecule has 3 heteroatoms. The van der Waals surface area contributed by atoms with E-state index in [0.29, 0.717) is 0 Å². The van der Waals surface area contributed by atoms with Gasteiger partial charge in [-0.25, -0.2) is 0 Å². The molecule has 3 nitrogen and oxygen atoms in total. The molecule has 1 aliphatic rings. The van der Waals surface area contributed by atoms with Crippen LogP contribution in [-0.4, -0.2) is 6.54 Å². The summed E-state index contributed by atoms with van der Waals surface area (Å²) in [4.78, 5) is 3.05. The molecule has 48 valence electrons. The number of aromatic amines is 1. The number of hydrogen-bond donors (Lipinski definition) is 1. The zero-order valence-corrected chi connectivity index (χ0v) is 5.11. The maximum Gasteiger partial charge on any atom is 0.333 e. The summed E-state index contributed by atoms with van der Waals surface area (Å²) in [6.07, 6.45) is 2.70. The molecule has 0 saturated carbocycles. The Labute approximate surface area is 53.1 Å². The van der Waals surface area contributed by atoms with Crippen molar-refractivity contribution in [3.8, 4) is 0 Å². The lowest BCUT2D eigenvalue weighted by atomic mass is 10.2. The maximum absolute atomic E-state index is 5.14. The molecule has 1 aromatic heterocycles. The molecule has 0 radical (unpaired) electrons. The van der Waals surface area contributed by atoms with Crippen LogP contribution >= 0.6 is 0 Å². The lowest BCUT2D eigenvalue weighted by Gasteiger charge is -2.04. The van der Waals surface area contributed by atoms with Gasteiger partial charge in [-0.3, -0.25) is 0 Å². The fourth-order valence-corrected chi connectivity index (χ4v) is 1.10. The van der Waals surface area contributed by atoms with Crippen LogP contribution in [0.2, 0.25) is 0 Å². The third-order valence-corrected chi connectivity index (χ3v) is 1.61. The van der Waals surface area contributed by atoms with Crippen molar-refractivity contribution in [2.75, 3.05) is 6.54 Å². The molecule has 0 spiro atoms. The SMILES string of the molecule is c1[nH+]c2c(o1)CNCC2. The van der Waals surface area contributed by atoms with Gasteiger partial charge >= 0.3 is 6.39 Å². The van der Waals surface area contributed by atoms with Crippen molar-refractivity contribution in [2.24, 2.45) is 0 Å². The van der Waals surface area contributed by atoms with Gasteiger partial charge in [0.25, 0.3) is 0 Å². The second kappa shape index (κ2) is 1.84. The largest absolute Gasteiger partial charge is 0.407 e. The molecule has 9 heavy (non-hydrogen) atoms. The molecule has 0 bridgehead atoms. The van der Waals surface area contributed by atoms with Crippen LogP contribution < -0.4 is 10.3 Å². The molecule has 0 fully saturated rings. The predicted molar refractivity (Wildman–Crippen MR) is 30.7 cm³/mol. The van der Waals surface area contributed by atoms with Crippen LogP contribution in [0.1, 0.15) is 11.5 Å². The number of H-pyrrole nitrogens is 1. The van der Waals surface area contributed by atoms with Gasteiger partial charge in [0.2, 0.25) is 5.69 Å². The van der Waals surface area contributed by atoms with Crippen LogP contribution in [0.3, 0.4) is 0 Å².